The standard InChI is InChI=1S/C15H21BrN2O3/c1-9(10-4-5-14(21-3)12(16)6-10)18-15(19)13-7-11(20-2)8-17-13/h4-6,9,11,13,17H,7-8H2,1-3H3,(H,18,19). The van der Waals surface area contributed by atoms with Gasteiger partial charge in [0.2, 0.25) is 5.91 Å². The molecule has 0 aliphatic carbocycles. The van der Waals surface area contributed by atoms with Crippen molar-refractivity contribution in [2.75, 3.05) is 20.8 Å². The molecule has 1 fully saturated rings. The minimum atomic E-state index is -0.181. The van der Waals surface area contributed by atoms with Crippen molar-refractivity contribution >= 4 is 21.8 Å². The van der Waals surface area contributed by atoms with Gasteiger partial charge in [0.05, 0.1) is 29.8 Å². The van der Waals surface area contributed by atoms with Gasteiger partial charge >= 0.3 is 0 Å². The highest BCUT2D eigenvalue weighted by Gasteiger charge is 2.29. The molecule has 3 unspecified atom stereocenters. The average molecular weight is 357 g/mol. The summed E-state index contributed by atoms with van der Waals surface area (Å²) in [6.45, 7) is 2.69. The fourth-order valence-electron chi connectivity index (χ4n) is 2.43. The van der Waals surface area contributed by atoms with E-state index in [0.717, 1.165) is 22.3 Å². The Bertz CT molecular complexity index is 510. The normalized spacial score (nSPS) is 22.9. The number of ether oxygens (including phenoxy) is 2. The summed E-state index contributed by atoms with van der Waals surface area (Å²) >= 11 is 3.46. The van der Waals surface area contributed by atoms with Gasteiger partial charge in [-0.2, -0.15) is 0 Å². The van der Waals surface area contributed by atoms with Gasteiger partial charge in [0, 0.05) is 13.7 Å². The summed E-state index contributed by atoms with van der Waals surface area (Å²) in [5.41, 5.74) is 1.03. The van der Waals surface area contributed by atoms with E-state index in [1.807, 2.05) is 25.1 Å². The lowest BCUT2D eigenvalue weighted by molar-refractivity contribution is -0.123. The highest BCUT2D eigenvalue weighted by atomic mass is 79.9. The average Bonchev–Trinajstić information content (AvgIpc) is 2.96. The highest BCUT2D eigenvalue weighted by Crippen LogP contribution is 2.28. The van der Waals surface area contributed by atoms with Crippen molar-refractivity contribution in [1.82, 2.24) is 10.6 Å². The van der Waals surface area contributed by atoms with Gasteiger partial charge in [0.1, 0.15) is 5.75 Å². The molecule has 2 rings (SSSR count). The summed E-state index contributed by atoms with van der Waals surface area (Å²) in [6, 6.07) is 5.55. The molecule has 2 N–H and O–H groups in total. The van der Waals surface area contributed by atoms with E-state index in [2.05, 4.69) is 26.6 Å². The lowest BCUT2D eigenvalue weighted by atomic mass is 10.1. The fourth-order valence-corrected chi connectivity index (χ4v) is 2.99. The predicted octanol–water partition coefficient (Wildman–Crippen LogP) is 2.01. The number of methoxy groups -OCH3 is 2. The van der Waals surface area contributed by atoms with Crippen molar-refractivity contribution in [3.63, 3.8) is 0 Å². The summed E-state index contributed by atoms with van der Waals surface area (Å²) < 4.78 is 11.3. The number of rotatable bonds is 5. The molecule has 0 saturated carbocycles. The molecule has 5 nitrogen and oxygen atoms in total. The van der Waals surface area contributed by atoms with Crippen molar-refractivity contribution in [3.8, 4) is 5.75 Å². The number of hydrogen-bond donors (Lipinski definition) is 2. The van der Waals surface area contributed by atoms with Crippen LogP contribution in [0.1, 0.15) is 24.9 Å². The number of benzene rings is 1. The van der Waals surface area contributed by atoms with E-state index < -0.39 is 0 Å². The number of carbonyl (C=O) groups excluding carboxylic acids is 1. The van der Waals surface area contributed by atoms with E-state index in [1.54, 1.807) is 14.2 Å². The van der Waals surface area contributed by atoms with E-state index >= 15 is 0 Å². The van der Waals surface area contributed by atoms with Crippen LogP contribution in [0.3, 0.4) is 0 Å². The zero-order valence-electron chi connectivity index (χ0n) is 12.5. The topological polar surface area (TPSA) is 59.6 Å². The predicted molar refractivity (Wildman–Crippen MR) is 84.5 cm³/mol. The maximum absolute atomic E-state index is 12.2. The van der Waals surface area contributed by atoms with E-state index in [4.69, 9.17) is 9.47 Å². The van der Waals surface area contributed by atoms with Gasteiger partial charge in [-0.3, -0.25) is 4.79 Å². The van der Waals surface area contributed by atoms with Gasteiger partial charge in [0.15, 0.2) is 0 Å². The molecule has 116 valence electrons. The first-order chi connectivity index (χ1) is 10.0. The molecule has 6 heteroatoms. The van der Waals surface area contributed by atoms with Crippen molar-refractivity contribution in [3.05, 3.63) is 28.2 Å². The molecule has 0 radical (unpaired) electrons. The smallest absolute Gasteiger partial charge is 0.237 e. The summed E-state index contributed by atoms with van der Waals surface area (Å²) in [4.78, 5) is 12.2. The molecular formula is C15H21BrN2O3. The molecule has 1 aromatic rings. The second kappa shape index (κ2) is 7.24. The minimum Gasteiger partial charge on any atom is -0.496 e. The fraction of sp³-hybridized carbons (Fsp3) is 0.533. The third kappa shape index (κ3) is 3.96. The van der Waals surface area contributed by atoms with E-state index in [9.17, 15) is 4.79 Å². The Morgan fingerprint density at radius 3 is 2.81 bits per heavy atom. The molecule has 1 aliphatic rings. The summed E-state index contributed by atoms with van der Waals surface area (Å²) in [5.74, 6) is 0.784. The largest absolute Gasteiger partial charge is 0.496 e. The van der Waals surface area contributed by atoms with E-state index in [-0.39, 0.29) is 24.1 Å². The third-order valence-electron chi connectivity index (χ3n) is 3.77. The first-order valence-electron chi connectivity index (χ1n) is 6.95. The molecule has 0 spiro atoms. The molecule has 1 heterocycles. The number of hydrogen-bond acceptors (Lipinski definition) is 4. The van der Waals surface area contributed by atoms with Gasteiger partial charge in [-0.25, -0.2) is 0 Å². The number of halogens is 1. The number of carbonyl (C=O) groups is 1. The Morgan fingerprint density at radius 2 is 2.24 bits per heavy atom. The highest BCUT2D eigenvalue weighted by molar-refractivity contribution is 9.10. The van der Waals surface area contributed by atoms with Crippen LogP contribution in [0.25, 0.3) is 0 Å². The Morgan fingerprint density at radius 1 is 1.48 bits per heavy atom. The van der Waals surface area contributed by atoms with Crippen LogP contribution in [0.5, 0.6) is 5.75 Å². The van der Waals surface area contributed by atoms with Gasteiger partial charge in [-0.05, 0) is 47.0 Å². The van der Waals surface area contributed by atoms with Crippen LogP contribution in [-0.4, -0.2) is 38.8 Å². The van der Waals surface area contributed by atoms with Gasteiger partial charge in [-0.15, -0.1) is 0 Å². The first kappa shape index (κ1) is 16.3. The summed E-state index contributed by atoms with van der Waals surface area (Å²) in [7, 11) is 3.30. The molecular weight excluding hydrogens is 336 g/mol. The van der Waals surface area contributed by atoms with E-state index in [0.29, 0.717) is 6.42 Å². The summed E-state index contributed by atoms with van der Waals surface area (Å²) in [6.07, 6.45) is 0.827. The van der Waals surface area contributed by atoms with Crippen molar-refractivity contribution in [1.29, 1.82) is 0 Å². The molecule has 1 aromatic carbocycles. The van der Waals surface area contributed by atoms with Crippen LogP contribution >= 0.6 is 15.9 Å². The number of amides is 1. The third-order valence-corrected chi connectivity index (χ3v) is 4.39. The minimum absolute atomic E-state index is 0.00832. The number of nitrogens with one attached hydrogen (secondary N) is 2. The molecule has 3 atom stereocenters. The van der Waals surface area contributed by atoms with Crippen LogP contribution < -0.4 is 15.4 Å². The molecule has 0 bridgehead atoms. The SMILES string of the molecule is COc1ccc(C(C)NC(=O)C2CC(OC)CN2)cc1Br. The van der Waals surface area contributed by atoms with Crippen LogP contribution in [0.15, 0.2) is 22.7 Å². The van der Waals surface area contributed by atoms with Crippen LogP contribution in [-0.2, 0) is 9.53 Å². The van der Waals surface area contributed by atoms with Crippen molar-refractivity contribution in [2.24, 2.45) is 0 Å². The lowest BCUT2D eigenvalue weighted by Gasteiger charge is -2.18. The lowest BCUT2D eigenvalue weighted by Crippen LogP contribution is -2.41. The first-order valence-corrected chi connectivity index (χ1v) is 7.74. The van der Waals surface area contributed by atoms with E-state index in [1.165, 1.54) is 0 Å². The maximum Gasteiger partial charge on any atom is 0.237 e. The van der Waals surface area contributed by atoms with Crippen LogP contribution in [0.2, 0.25) is 0 Å². The van der Waals surface area contributed by atoms with Gasteiger partial charge in [-0.1, -0.05) is 6.07 Å². The summed E-state index contributed by atoms with van der Waals surface area (Å²) in [5, 5.41) is 6.21. The Kier molecular flexibility index (Phi) is 5.61. The zero-order chi connectivity index (χ0) is 15.4. The Balaban J connectivity index is 1.96. The molecule has 0 aromatic heterocycles. The van der Waals surface area contributed by atoms with Crippen molar-refractivity contribution in [2.45, 2.75) is 31.5 Å². The van der Waals surface area contributed by atoms with Gasteiger partial charge < -0.3 is 20.1 Å². The monoisotopic (exact) mass is 356 g/mol. The molecule has 1 amide bonds. The second-order valence-electron chi connectivity index (χ2n) is 5.18. The molecule has 21 heavy (non-hydrogen) atoms. The Labute approximate surface area is 133 Å². The van der Waals surface area contributed by atoms with Gasteiger partial charge in [0.25, 0.3) is 0 Å². The molecule has 1 aliphatic heterocycles. The second-order valence-corrected chi connectivity index (χ2v) is 6.03. The quantitative estimate of drug-likeness (QED) is 0.847. The maximum atomic E-state index is 12.2. The molecule has 1 saturated heterocycles. The van der Waals surface area contributed by atoms with Crippen molar-refractivity contribution < 1.29 is 14.3 Å². The van der Waals surface area contributed by atoms with Crippen LogP contribution in [0, 0.1) is 0 Å². The van der Waals surface area contributed by atoms with Crippen LogP contribution in [0.4, 0.5) is 0 Å². The zero-order valence-corrected chi connectivity index (χ0v) is 14.1. The Hall–Kier alpha value is -1.11.